The number of carbonyl (C=O) groups excluding carboxylic acids is 2. The summed E-state index contributed by atoms with van der Waals surface area (Å²) in [5.74, 6) is 0.290. The number of likely N-dealkylation sites (tertiary alicyclic amines) is 1. The quantitative estimate of drug-likeness (QED) is 0.777. The van der Waals surface area contributed by atoms with Gasteiger partial charge in [0.25, 0.3) is 0 Å². The van der Waals surface area contributed by atoms with Crippen LogP contribution in [0.3, 0.4) is 0 Å². The smallest absolute Gasteiger partial charge is 0.227 e. The van der Waals surface area contributed by atoms with Crippen molar-refractivity contribution in [1.82, 2.24) is 9.80 Å². The Morgan fingerprint density at radius 3 is 2.38 bits per heavy atom. The highest BCUT2D eigenvalue weighted by Gasteiger charge is 2.28. The van der Waals surface area contributed by atoms with E-state index in [1.54, 1.807) is 0 Å². The highest BCUT2D eigenvalue weighted by Crippen LogP contribution is 2.26. The summed E-state index contributed by atoms with van der Waals surface area (Å²) in [6.07, 6.45) is 8.05. The van der Waals surface area contributed by atoms with Crippen molar-refractivity contribution in [3.63, 3.8) is 0 Å². The van der Waals surface area contributed by atoms with Crippen molar-refractivity contribution >= 4 is 17.5 Å². The van der Waals surface area contributed by atoms with Crippen LogP contribution in [0.4, 0.5) is 5.69 Å². The minimum atomic E-state index is -0.0182. The minimum Gasteiger partial charge on any atom is -0.342 e. The fraction of sp³-hybridized carbons (Fsp3) is 0.667. The van der Waals surface area contributed by atoms with Crippen LogP contribution in [0.15, 0.2) is 24.3 Å². The van der Waals surface area contributed by atoms with E-state index >= 15 is 0 Å². The van der Waals surface area contributed by atoms with Crippen LogP contribution in [0.1, 0.15) is 64.4 Å². The summed E-state index contributed by atoms with van der Waals surface area (Å²) in [6.45, 7) is 6.09. The fourth-order valence-corrected chi connectivity index (χ4v) is 4.66. The van der Waals surface area contributed by atoms with Crippen LogP contribution in [-0.2, 0) is 16.1 Å². The van der Waals surface area contributed by atoms with Gasteiger partial charge in [0, 0.05) is 43.2 Å². The van der Waals surface area contributed by atoms with Crippen LogP contribution in [0.25, 0.3) is 0 Å². The van der Waals surface area contributed by atoms with Crippen molar-refractivity contribution in [2.45, 2.75) is 71.4 Å². The number of nitrogens with zero attached hydrogens (tertiary/aromatic N) is 2. The van der Waals surface area contributed by atoms with Gasteiger partial charge in [-0.15, -0.1) is 0 Å². The number of amides is 2. The molecule has 0 radical (unpaired) electrons. The van der Waals surface area contributed by atoms with Gasteiger partial charge < -0.3 is 10.2 Å². The molecule has 0 bridgehead atoms. The van der Waals surface area contributed by atoms with Gasteiger partial charge in [-0.2, -0.15) is 0 Å². The molecule has 2 fully saturated rings. The number of benzene rings is 1. The van der Waals surface area contributed by atoms with Crippen molar-refractivity contribution in [2.75, 3.05) is 25.5 Å². The van der Waals surface area contributed by atoms with Gasteiger partial charge in [-0.25, -0.2) is 0 Å². The number of rotatable bonds is 6. The topological polar surface area (TPSA) is 52.7 Å². The van der Waals surface area contributed by atoms with E-state index in [2.05, 4.69) is 29.4 Å². The van der Waals surface area contributed by atoms with E-state index in [4.69, 9.17) is 0 Å². The molecule has 2 amide bonds. The lowest BCUT2D eigenvalue weighted by Crippen LogP contribution is -2.43. The second-order valence-corrected chi connectivity index (χ2v) is 9.11. The maximum absolute atomic E-state index is 12.9. The molecule has 5 heteroatoms. The molecule has 5 nitrogen and oxygen atoms in total. The molecule has 2 aliphatic rings. The zero-order valence-corrected chi connectivity index (χ0v) is 18.3. The molecule has 1 aliphatic heterocycles. The lowest BCUT2D eigenvalue weighted by atomic mass is 9.94. The molecule has 1 saturated heterocycles. The first kappa shape index (κ1) is 21.8. The van der Waals surface area contributed by atoms with Gasteiger partial charge >= 0.3 is 0 Å². The molecule has 1 aromatic carbocycles. The van der Waals surface area contributed by atoms with E-state index in [1.807, 2.05) is 30.9 Å². The lowest BCUT2D eigenvalue weighted by Gasteiger charge is -2.33. The summed E-state index contributed by atoms with van der Waals surface area (Å²) in [6, 6.07) is 8.83. The molecule has 1 aromatic rings. The van der Waals surface area contributed by atoms with E-state index < -0.39 is 0 Å². The SMILES string of the molecule is CC(C)C(=O)N1CCC(C(=O)Nc2ccccc2CN(C)C2CCCCC2)CC1. The number of piperidine rings is 1. The van der Waals surface area contributed by atoms with Gasteiger partial charge in [-0.05, 0) is 44.4 Å². The zero-order valence-electron chi connectivity index (χ0n) is 18.3. The lowest BCUT2D eigenvalue weighted by molar-refractivity contribution is -0.137. The second-order valence-electron chi connectivity index (χ2n) is 9.11. The van der Waals surface area contributed by atoms with Crippen LogP contribution in [-0.4, -0.2) is 47.8 Å². The monoisotopic (exact) mass is 399 g/mol. The van der Waals surface area contributed by atoms with Crippen LogP contribution in [0, 0.1) is 11.8 Å². The van der Waals surface area contributed by atoms with Crippen LogP contribution < -0.4 is 5.32 Å². The summed E-state index contributed by atoms with van der Waals surface area (Å²) in [5, 5.41) is 3.19. The van der Waals surface area contributed by atoms with E-state index in [0.29, 0.717) is 19.1 Å². The highest BCUT2D eigenvalue weighted by atomic mass is 16.2. The molecule has 1 saturated carbocycles. The Kier molecular flexibility index (Phi) is 7.70. The van der Waals surface area contributed by atoms with Crippen molar-refractivity contribution in [3.8, 4) is 0 Å². The van der Waals surface area contributed by atoms with Crippen LogP contribution in [0.5, 0.6) is 0 Å². The van der Waals surface area contributed by atoms with Crippen molar-refractivity contribution in [1.29, 1.82) is 0 Å². The zero-order chi connectivity index (χ0) is 20.8. The largest absolute Gasteiger partial charge is 0.342 e. The Balaban J connectivity index is 1.56. The first-order valence-corrected chi connectivity index (χ1v) is 11.3. The minimum absolute atomic E-state index is 0.0182. The second kappa shape index (κ2) is 10.2. The molecule has 1 heterocycles. The Morgan fingerprint density at radius 2 is 1.72 bits per heavy atom. The fourth-order valence-electron chi connectivity index (χ4n) is 4.66. The molecule has 1 aliphatic carbocycles. The van der Waals surface area contributed by atoms with Crippen molar-refractivity contribution < 1.29 is 9.59 Å². The normalized spacial score (nSPS) is 19.0. The number of hydrogen-bond donors (Lipinski definition) is 1. The van der Waals surface area contributed by atoms with E-state index in [0.717, 1.165) is 25.1 Å². The van der Waals surface area contributed by atoms with Gasteiger partial charge in [0.05, 0.1) is 0 Å². The third kappa shape index (κ3) is 5.81. The molecule has 1 N–H and O–H groups in total. The molecule has 0 unspecified atom stereocenters. The Labute approximate surface area is 175 Å². The predicted molar refractivity (Wildman–Crippen MR) is 118 cm³/mol. The summed E-state index contributed by atoms with van der Waals surface area (Å²) >= 11 is 0. The van der Waals surface area contributed by atoms with E-state index in [1.165, 1.54) is 37.7 Å². The third-order valence-corrected chi connectivity index (χ3v) is 6.56. The maximum Gasteiger partial charge on any atom is 0.227 e. The number of carbonyl (C=O) groups is 2. The summed E-state index contributed by atoms with van der Waals surface area (Å²) in [4.78, 5) is 29.4. The first-order chi connectivity index (χ1) is 14.0. The van der Waals surface area contributed by atoms with Gasteiger partial charge in [0.2, 0.25) is 11.8 Å². The number of hydrogen-bond acceptors (Lipinski definition) is 3. The maximum atomic E-state index is 12.9. The number of nitrogens with one attached hydrogen (secondary N) is 1. The Hall–Kier alpha value is -1.88. The molecule has 0 atom stereocenters. The summed E-state index contributed by atoms with van der Waals surface area (Å²) in [7, 11) is 2.20. The molecular weight excluding hydrogens is 362 g/mol. The number of anilines is 1. The van der Waals surface area contributed by atoms with E-state index in [9.17, 15) is 9.59 Å². The summed E-state index contributed by atoms with van der Waals surface area (Å²) in [5.41, 5.74) is 2.11. The van der Waals surface area contributed by atoms with Crippen LogP contribution >= 0.6 is 0 Å². The highest BCUT2D eigenvalue weighted by molar-refractivity contribution is 5.93. The number of para-hydroxylation sites is 1. The third-order valence-electron chi connectivity index (χ3n) is 6.56. The average molecular weight is 400 g/mol. The Morgan fingerprint density at radius 1 is 1.07 bits per heavy atom. The molecule has 0 aromatic heterocycles. The van der Waals surface area contributed by atoms with Gasteiger partial charge in [0.1, 0.15) is 0 Å². The average Bonchev–Trinajstić information content (AvgIpc) is 2.75. The summed E-state index contributed by atoms with van der Waals surface area (Å²) < 4.78 is 0. The first-order valence-electron chi connectivity index (χ1n) is 11.3. The Bertz CT molecular complexity index is 689. The molecular formula is C24H37N3O2. The van der Waals surface area contributed by atoms with Gasteiger partial charge in [0.15, 0.2) is 0 Å². The molecule has 160 valence electrons. The standard InChI is InChI=1S/C24H37N3O2/c1-18(2)24(29)27-15-13-19(14-16-27)23(28)25-22-12-8-7-9-20(22)17-26(3)21-10-5-4-6-11-21/h7-9,12,18-19,21H,4-6,10-11,13-17H2,1-3H3,(H,25,28). The van der Waals surface area contributed by atoms with Crippen LogP contribution in [0.2, 0.25) is 0 Å². The van der Waals surface area contributed by atoms with Crippen molar-refractivity contribution in [2.24, 2.45) is 11.8 Å². The van der Waals surface area contributed by atoms with Crippen molar-refractivity contribution in [3.05, 3.63) is 29.8 Å². The van der Waals surface area contributed by atoms with Gasteiger partial charge in [-0.1, -0.05) is 51.3 Å². The predicted octanol–water partition coefficient (Wildman–Crippen LogP) is 4.28. The molecule has 0 spiro atoms. The van der Waals surface area contributed by atoms with E-state index in [-0.39, 0.29) is 23.7 Å². The molecule has 3 rings (SSSR count). The molecule has 29 heavy (non-hydrogen) atoms. The van der Waals surface area contributed by atoms with Gasteiger partial charge in [-0.3, -0.25) is 14.5 Å².